The lowest BCUT2D eigenvalue weighted by Gasteiger charge is -2.18. The van der Waals surface area contributed by atoms with Gasteiger partial charge in [-0.05, 0) is 41.5 Å². The van der Waals surface area contributed by atoms with E-state index in [1.807, 2.05) is 22.6 Å². The molecule has 0 spiro atoms. The maximum Gasteiger partial charge on any atom is 0.138 e. The van der Waals surface area contributed by atoms with Crippen molar-refractivity contribution in [3.8, 4) is 0 Å². The molecule has 0 N–H and O–H groups in total. The van der Waals surface area contributed by atoms with Gasteiger partial charge in [-0.1, -0.05) is 13.8 Å². The topological polar surface area (TPSA) is 17.8 Å². The Labute approximate surface area is 125 Å². The van der Waals surface area contributed by atoms with Gasteiger partial charge >= 0.3 is 0 Å². The number of imidazole rings is 1. The fourth-order valence-corrected chi connectivity index (χ4v) is 2.94. The molecule has 2 nitrogen and oxygen atoms in total. The first-order valence-corrected chi connectivity index (χ1v) is 7.65. The first-order chi connectivity index (χ1) is 8.62. The van der Waals surface area contributed by atoms with Crippen LogP contribution in [0.1, 0.15) is 38.6 Å². The second kappa shape index (κ2) is 5.74. The molecule has 2 aromatic rings. The molecule has 1 aromatic heterocycles. The van der Waals surface area contributed by atoms with Crippen LogP contribution in [0.5, 0.6) is 0 Å². The quantitative estimate of drug-likeness (QED) is 0.546. The summed E-state index contributed by atoms with van der Waals surface area (Å²) >= 11 is 7.95. The summed E-state index contributed by atoms with van der Waals surface area (Å²) in [5.41, 5.74) is 1.67. The number of hydrogen-bond donors (Lipinski definition) is 0. The highest BCUT2D eigenvalue weighted by molar-refractivity contribution is 14.1. The Bertz CT molecular complexity index is 564. The summed E-state index contributed by atoms with van der Waals surface area (Å²) in [5.74, 6) is 0.974. The van der Waals surface area contributed by atoms with E-state index in [1.54, 1.807) is 12.1 Å². The lowest BCUT2D eigenvalue weighted by molar-refractivity contribution is 0.471. The fraction of sp³-hybridized carbons (Fsp3) is 0.462. The van der Waals surface area contributed by atoms with Crippen molar-refractivity contribution in [1.29, 1.82) is 0 Å². The van der Waals surface area contributed by atoms with E-state index >= 15 is 0 Å². The summed E-state index contributed by atoms with van der Waals surface area (Å²) in [4.78, 5) is 4.51. The molecule has 0 fully saturated rings. The number of aromatic nitrogens is 2. The number of halogens is 3. The van der Waals surface area contributed by atoms with Crippen molar-refractivity contribution in [1.82, 2.24) is 9.55 Å². The molecule has 0 radical (unpaired) electrons. The second-order valence-corrected chi connectivity index (χ2v) is 5.69. The Kier molecular flexibility index (Phi) is 4.48. The Morgan fingerprint density at radius 1 is 1.39 bits per heavy atom. The van der Waals surface area contributed by atoms with Crippen molar-refractivity contribution in [2.45, 2.75) is 38.6 Å². The minimum Gasteiger partial charge on any atom is -0.324 e. The molecule has 18 heavy (non-hydrogen) atoms. The van der Waals surface area contributed by atoms with Gasteiger partial charge in [-0.2, -0.15) is 0 Å². The maximum atomic E-state index is 13.7. The third-order valence-electron chi connectivity index (χ3n) is 3.23. The van der Waals surface area contributed by atoms with Gasteiger partial charge < -0.3 is 4.57 Å². The largest absolute Gasteiger partial charge is 0.324 e. The van der Waals surface area contributed by atoms with Crippen LogP contribution in [0.15, 0.2) is 12.1 Å². The van der Waals surface area contributed by atoms with E-state index in [-0.39, 0.29) is 5.82 Å². The third kappa shape index (κ3) is 2.37. The van der Waals surface area contributed by atoms with Gasteiger partial charge in [-0.3, -0.25) is 0 Å². The molecule has 0 amide bonds. The molecular formula is C13H15ClFIN2. The molecule has 0 aliphatic rings. The standard InChI is InChI=1S/C13H15ClFIN2/c1-3-8(4-2)18-12-5-9(15)10(16)6-11(12)17-13(18)7-14/h5-6,8H,3-4,7H2,1-2H3. The normalized spacial score (nSPS) is 11.7. The highest BCUT2D eigenvalue weighted by atomic mass is 127. The van der Waals surface area contributed by atoms with Crippen molar-refractivity contribution in [2.75, 3.05) is 0 Å². The SMILES string of the molecule is CCC(CC)n1c(CCl)nc2cc(I)c(F)cc21. The number of rotatable bonds is 4. The molecule has 0 bridgehead atoms. The van der Waals surface area contributed by atoms with Crippen molar-refractivity contribution in [3.05, 3.63) is 27.3 Å². The van der Waals surface area contributed by atoms with Crippen molar-refractivity contribution >= 4 is 45.2 Å². The smallest absolute Gasteiger partial charge is 0.138 e. The lowest BCUT2D eigenvalue weighted by atomic mass is 10.1. The molecule has 0 unspecified atom stereocenters. The predicted octanol–water partition coefficient (Wildman–Crippen LogP) is 4.88. The summed E-state index contributed by atoms with van der Waals surface area (Å²) in [6.45, 7) is 4.25. The molecular weight excluding hydrogens is 366 g/mol. The molecule has 1 heterocycles. The molecule has 0 saturated heterocycles. The molecule has 2 rings (SSSR count). The summed E-state index contributed by atoms with van der Waals surface area (Å²) < 4.78 is 16.4. The molecule has 0 aliphatic heterocycles. The molecule has 1 aromatic carbocycles. The van der Waals surface area contributed by atoms with Gasteiger partial charge in [0.05, 0.1) is 20.5 Å². The fourth-order valence-electron chi connectivity index (χ4n) is 2.30. The molecule has 0 atom stereocenters. The maximum absolute atomic E-state index is 13.7. The molecule has 0 saturated carbocycles. The van der Waals surface area contributed by atoms with Gasteiger partial charge in [0.25, 0.3) is 0 Å². The van der Waals surface area contributed by atoms with Crippen LogP contribution in [0.3, 0.4) is 0 Å². The Hall–Kier alpha value is -0.360. The van der Waals surface area contributed by atoms with Crippen LogP contribution in [0.2, 0.25) is 0 Å². The van der Waals surface area contributed by atoms with E-state index in [0.29, 0.717) is 15.5 Å². The van der Waals surface area contributed by atoms with Crippen molar-refractivity contribution in [2.24, 2.45) is 0 Å². The zero-order chi connectivity index (χ0) is 13.3. The van der Waals surface area contributed by atoms with E-state index in [0.717, 1.165) is 29.7 Å². The van der Waals surface area contributed by atoms with E-state index < -0.39 is 0 Å². The van der Waals surface area contributed by atoms with Crippen molar-refractivity contribution < 1.29 is 4.39 Å². The van der Waals surface area contributed by atoms with Crippen LogP contribution >= 0.6 is 34.2 Å². The van der Waals surface area contributed by atoms with Gasteiger partial charge in [0.2, 0.25) is 0 Å². The second-order valence-electron chi connectivity index (χ2n) is 4.26. The van der Waals surface area contributed by atoms with Crippen LogP contribution in [-0.2, 0) is 5.88 Å². The highest BCUT2D eigenvalue weighted by Gasteiger charge is 2.17. The summed E-state index contributed by atoms with van der Waals surface area (Å²) in [6, 6.07) is 3.67. The zero-order valence-corrected chi connectivity index (χ0v) is 13.3. The number of nitrogens with zero attached hydrogens (tertiary/aromatic N) is 2. The van der Waals surface area contributed by atoms with Gasteiger partial charge in [0, 0.05) is 12.1 Å². The Balaban J connectivity index is 2.72. The van der Waals surface area contributed by atoms with Gasteiger partial charge in [-0.15, -0.1) is 11.6 Å². The monoisotopic (exact) mass is 380 g/mol. The van der Waals surface area contributed by atoms with Crippen LogP contribution < -0.4 is 0 Å². The number of benzene rings is 1. The minimum absolute atomic E-state index is 0.198. The Morgan fingerprint density at radius 2 is 2.06 bits per heavy atom. The number of fused-ring (bicyclic) bond motifs is 1. The van der Waals surface area contributed by atoms with Crippen LogP contribution in [-0.4, -0.2) is 9.55 Å². The van der Waals surface area contributed by atoms with E-state index in [9.17, 15) is 4.39 Å². The van der Waals surface area contributed by atoms with E-state index in [2.05, 4.69) is 23.4 Å². The zero-order valence-electron chi connectivity index (χ0n) is 10.4. The predicted molar refractivity (Wildman–Crippen MR) is 81.6 cm³/mol. The van der Waals surface area contributed by atoms with Crippen molar-refractivity contribution in [3.63, 3.8) is 0 Å². The summed E-state index contributed by atoms with van der Waals surface area (Å²) in [7, 11) is 0. The van der Waals surface area contributed by atoms with Gasteiger partial charge in [0.1, 0.15) is 11.6 Å². The first-order valence-electron chi connectivity index (χ1n) is 6.04. The summed E-state index contributed by atoms with van der Waals surface area (Å²) in [5, 5.41) is 0. The molecule has 0 aliphatic carbocycles. The van der Waals surface area contributed by atoms with Crippen LogP contribution in [0.4, 0.5) is 4.39 Å². The van der Waals surface area contributed by atoms with E-state index in [1.165, 1.54) is 0 Å². The minimum atomic E-state index is -0.198. The third-order valence-corrected chi connectivity index (χ3v) is 4.30. The number of alkyl halides is 1. The molecule has 98 valence electrons. The average Bonchev–Trinajstić information content (AvgIpc) is 2.70. The van der Waals surface area contributed by atoms with Crippen LogP contribution in [0.25, 0.3) is 11.0 Å². The highest BCUT2D eigenvalue weighted by Crippen LogP contribution is 2.28. The lowest BCUT2D eigenvalue weighted by Crippen LogP contribution is -2.10. The Morgan fingerprint density at radius 3 is 2.61 bits per heavy atom. The number of hydrogen-bond acceptors (Lipinski definition) is 1. The summed E-state index contributed by atoms with van der Waals surface area (Å²) in [6.07, 6.45) is 1.97. The van der Waals surface area contributed by atoms with Crippen LogP contribution in [0, 0.1) is 9.39 Å². The first kappa shape index (κ1) is 14.1. The molecule has 5 heteroatoms. The van der Waals surface area contributed by atoms with Gasteiger partial charge in [0.15, 0.2) is 0 Å². The average molecular weight is 381 g/mol. The van der Waals surface area contributed by atoms with E-state index in [4.69, 9.17) is 11.6 Å². The van der Waals surface area contributed by atoms with Gasteiger partial charge in [-0.25, -0.2) is 9.37 Å².